The van der Waals surface area contributed by atoms with E-state index in [0.717, 1.165) is 35.8 Å². The Balaban J connectivity index is 1.34. The van der Waals surface area contributed by atoms with Gasteiger partial charge in [0.15, 0.2) is 5.16 Å². The first kappa shape index (κ1) is 18.5. The average molecular weight is 419 g/mol. The second kappa shape index (κ2) is 8.46. The van der Waals surface area contributed by atoms with Crippen molar-refractivity contribution in [2.75, 3.05) is 5.75 Å². The summed E-state index contributed by atoms with van der Waals surface area (Å²) in [6, 6.07) is 12.1. The Bertz CT molecular complexity index is 904. The van der Waals surface area contributed by atoms with Crippen molar-refractivity contribution >= 4 is 40.6 Å². The van der Waals surface area contributed by atoms with E-state index in [2.05, 4.69) is 37.6 Å². The molecule has 0 bridgehead atoms. The maximum Gasteiger partial charge on any atom is 0.230 e. The first-order chi connectivity index (χ1) is 13.2. The molecule has 27 heavy (non-hydrogen) atoms. The minimum absolute atomic E-state index is 0.0138. The van der Waals surface area contributed by atoms with Crippen molar-refractivity contribution in [3.63, 3.8) is 0 Å². The molecule has 2 heterocycles. The second-order valence-corrected chi connectivity index (χ2v) is 8.86. The summed E-state index contributed by atoms with van der Waals surface area (Å²) in [5.74, 6) is 1.31. The molecule has 0 atom stereocenters. The highest BCUT2D eigenvalue weighted by Crippen LogP contribution is 2.39. The normalized spacial score (nSPS) is 13.7. The van der Waals surface area contributed by atoms with Gasteiger partial charge in [0.2, 0.25) is 5.91 Å². The van der Waals surface area contributed by atoms with E-state index in [1.807, 2.05) is 24.3 Å². The van der Waals surface area contributed by atoms with Crippen molar-refractivity contribution in [3.05, 3.63) is 63.1 Å². The largest absolute Gasteiger partial charge is 0.351 e. The standard InChI is InChI=1S/C19H19ClN4OS2/c20-14-5-3-13(4-6-14)11-21-18(25)12-27-19-23-22-17(24(19)15-7-8-15)10-16-2-1-9-26-16/h1-6,9,15H,7-8,10-12H2,(H,21,25). The molecule has 1 aromatic carbocycles. The number of nitrogens with one attached hydrogen (secondary N) is 1. The number of aromatic nitrogens is 3. The molecule has 1 fully saturated rings. The molecule has 3 aromatic rings. The van der Waals surface area contributed by atoms with Crippen LogP contribution in [0.25, 0.3) is 0 Å². The predicted molar refractivity (Wildman–Crippen MR) is 109 cm³/mol. The summed E-state index contributed by atoms with van der Waals surface area (Å²) >= 11 is 9.06. The van der Waals surface area contributed by atoms with Crippen LogP contribution in [0.2, 0.25) is 5.02 Å². The fraction of sp³-hybridized carbons (Fsp3) is 0.316. The first-order valence-electron chi connectivity index (χ1n) is 8.79. The van der Waals surface area contributed by atoms with Crippen molar-refractivity contribution in [2.24, 2.45) is 0 Å². The number of thiophene rings is 1. The number of amides is 1. The highest BCUT2D eigenvalue weighted by Gasteiger charge is 2.29. The Morgan fingerprint density at radius 3 is 2.78 bits per heavy atom. The van der Waals surface area contributed by atoms with Gasteiger partial charge in [-0.3, -0.25) is 4.79 Å². The monoisotopic (exact) mass is 418 g/mol. The van der Waals surface area contributed by atoms with Crippen LogP contribution in [-0.4, -0.2) is 26.4 Å². The van der Waals surface area contributed by atoms with Gasteiger partial charge in [-0.1, -0.05) is 41.6 Å². The zero-order chi connectivity index (χ0) is 18.6. The van der Waals surface area contributed by atoms with E-state index in [1.54, 1.807) is 11.3 Å². The van der Waals surface area contributed by atoms with E-state index in [1.165, 1.54) is 16.6 Å². The first-order valence-corrected chi connectivity index (χ1v) is 11.0. The van der Waals surface area contributed by atoms with Gasteiger partial charge in [-0.05, 0) is 42.0 Å². The molecule has 8 heteroatoms. The van der Waals surface area contributed by atoms with Gasteiger partial charge in [0, 0.05) is 28.9 Å². The number of carbonyl (C=O) groups excluding carboxylic acids is 1. The SMILES string of the molecule is O=C(CSc1nnc(Cc2cccs2)n1C1CC1)NCc1ccc(Cl)cc1. The van der Waals surface area contributed by atoms with E-state index < -0.39 is 0 Å². The Kier molecular flexibility index (Phi) is 5.80. The molecule has 140 valence electrons. The Hall–Kier alpha value is -1.83. The van der Waals surface area contributed by atoms with Crippen LogP contribution in [-0.2, 0) is 17.8 Å². The Labute approximate surface area is 171 Å². The summed E-state index contributed by atoms with van der Waals surface area (Å²) in [5, 5.41) is 15.3. The van der Waals surface area contributed by atoms with E-state index in [4.69, 9.17) is 11.6 Å². The third-order valence-electron chi connectivity index (χ3n) is 4.29. The molecule has 4 rings (SSSR count). The van der Waals surface area contributed by atoms with Crippen LogP contribution in [0.4, 0.5) is 0 Å². The van der Waals surface area contributed by atoms with Crippen molar-refractivity contribution in [1.29, 1.82) is 0 Å². The molecule has 1 aliphatic carbocycles. The zero-order valence-electron chi connectivity index (χ0n) is 14.6. The number of halogens is 1. The van der Waals surface area contributed by atoms with Gasteiger partial charge in [0.05, 0.1) is 5.75 Å². The van der Waals surface area contributed by atoms with Crippen LogP contribution < -0.4 is 5.32 Å². The van der Waals surface area contributed by atoms with E-state index in [9.17, 15) is 4.79 Å². The number of rotatable bonds is 8. The quantitative estimate of drug-likeness (QED) is 0.553. The number of hydrogen-bond acceptors (Lipinski definition) is 5. The lowest BCUT2D eigenvalue weighted by atomic mass is 10.2. The summed E-state index contributed by atoms with van der Waals surface area (Å²) in [6.45, 7) is 0.496. The van der Waals surface area contributed by atoms with Gasteiger partial charge in [0.1, 0.15) is 5.82 Å². The third kappa shape index (κ3) is 4.91. The summed E-state index contributed by atoms with van der Waals surface area (Å²) < 4.78 is 2.22. The van der Waals surface area contributed by atoms with Gasteiger partial charge < -0.3 is 9.88 Å². The molecule has 1 N–H and O–H groups in total. The lowest BCUT2D eigenvalue weighted by Gasteiger charge is -2.09. The molecular weight excluding hydrogens is 400 g/mol. The van der Waals surface area contributed by atoms with Crippen LogP contribution in [0.5, 0.6) is 0 Å². The second-order valence-electron chi connectivity index (χ2n) is 6.45. The molecule has 1 amide bonds. The maximum absolute atomic E-state index is 12.2. The Morgan fingerprint density at radius 1 is 1.26 bits per heavy atom. The number of nitrogens with zero attached hydrogens (tertiary/aromatic N) is 3. The van der Waals surface area contributed by atoms with Gasteiger partial charge >= 0.3 is 0 Å². The van der Waals surface area contributed by atoms with Gasteiger partial charge in [-0.15, -0.1) is 21.5 Å². The predicted octanol–water partition coefficient (Wildman–Crippen LogP) is 4.33. The zero-order valence-corrected chi connectivity index (χ0v) is 17.0. The topological polar surface area (TPSA) is 59.8 Å². The minimum atomic E-state index is -0.0138. The minimum Gasteiger partial charge on any atom is -0.351 e. The molecule has 1 saturated carbocycles. The Morgan fingerprint density at radius 2 is 2.07 bits per heavy atom. The van der Waals surface area contributed by atoms with Crippen molar-refractivity contribution in [3.8, 4) is 0 Å². The number of thioether (sulfide) groups is 1. The lowest BCUT2D eigenvalue weighted by molar-refractivity contribution is -0.118. The lowest BCUT2D eigenvalue weighted by Crippen LogP contribution is -2.24. The highest BCUT2D eigenvalue weighted by molar-refractivity contribution is 7.99. The summed E-state index contributed by atoms with van der Waals surface area (Å²) in [6.07, 6.45) is 3.11. The number of carbonyl (C=O) groups is 1. The van der Waals surface area contributed by atoms with E-state index in [-0.39, 0.29) is 5.91 Å². The van der Waals surface area contributed by atoms with Gasteiger partial charge in [0.25, 0.3) is 0 Å². The maximum atomic E-state index is 12.2. The fourth-order valence-corrected chi connectivity index (χ4v) is 4.46. The van der Waals surface area contributed by atoms with Gasteiger partial charge in [-0.2, -0.15) is 0 Å². The van der Waals surface area contributed by atoms with Crippen molar-refractivity contribution in [2.45, 2.75) is 37.0 Å². The van der Waals surface area contributed by atoms with Crippen LogP contribution in [0.15, 0.2) is 46.9 Å². The van der Waals surface area contributed by atoms with Crippen LogP contribution >= 0.6 is 34.7 Å². The fourth-order valence-electron chi connectivity index (χ4n) is 2.78. The summed E-state index contributed by atoms with van der Waals surface area (Å²) in [4.78, 5) is 13.5. The van der Waals surface area contributed by atoms with Crippen LogP contribution in [0.3, 0.4) is 0 Å². The van der Waals surface area contributed by atoms with Crippen molar-refractivity contribution in [1.82, 2.24) is 20.1 Å². The average Bonchev–Trinajstić information content (AvgIpc) is 3.22. The molecule has 2 aromatic heterocycles. The van der Waals surface area contributed by atoms with Crippen LogP contribution in [0, 0.1) is 0 Å². The molecule has 0 unspecified atom stereocenters. The van der Waals surface area contributed by atoms with E-state index in [0.29, 0.717) is 23.4 Å². The summed E-state index contributed by atoms with van der Waals surface area (Å²) in [7, 11) is 0. The van der Waals surface area contributed by atoms with Crippen molar-refractivity contribution < 1.29 is 4.79 Å². The molecule has 0 aliphatic heterocycles. The molecule has 1 aliphatic rings. The smallest absolute Gasteiger partial charge is 0.230 e. The molecule has 0 radical (unpaired) electrons. The molecule has 5 nitrogen and oxygen atoms in total. The van der Waals surface area contributed by atoms with E-state index >= 15 is 0 Å². The van der Waals surface area contributed by atoms with Crippen LogP contribution in [0.1, 0.15) is 35.1 Å². The summed E-state index contributed by atoms with van der Waals surface area (Å²) in [5.41, 5.74) is 1.03. The molecular formula is C19H19ClN4OS2. The highest BCUT2D eigenvalue weighted by atomic mass is 35.5. The van der Waals surface area contributed by atoms with Gasteiger partial charge in [-0.25, -0.2) is 0 Å². The third-order valence-corrected chi connectivity index (χ3v) is 6.37. The molecule has 0 saturated heterocycles. The number of hydrogen-bond donors (Lipinski definition) is 1. The number of benzene rings is 1. The molecule has 0 spiro atoms.